The van der Waals surface area contributed by atoms with Crippen LogP contribution in [0.2, 0.25) is 0 Å². The highest BCUT2D eigenvalue weighted by Gasteiger charge is 2.14. The summed E-state index contributed by atoms with van der Waals surface area (Å²) in [5.74, 6) is -1.05. The maximum absolute atomic E-state index is 13.6. The van der Waals surface area contributed by atoms with Crippen molar-refractivity contribution in [3.8, 4) is 0 Å². The summed E-state index contributed by atoms with van der Waals surface area (Å²) in [5, 5.41) is -0.0399. The fourth-order valence-corrected chi connectivity index (χ4v) is 2.32. The van der Waals surface area contributed by atoms with Crippen molar-refractivity contribution in [1.29, 1.82) is 0 Å². The molecule has 0 N–H and O–H groups in total. The van der Waals surface area contributed by atoms with Crippen molar-refractivity contribution in [3.05, 3.63) is 41.5 Å². The number of rotatable bonds is 1. The zero-order valence-electron chi connectivity index (χ0n) is 8.85. The third kappa shape index (κ3) is 2.62. The summed E-state index contributed by atoms with van der Waals surface area (Å²) >= 11 is 6.08. The molecule has 0 bridgehead atoms. The molecule has 0 aromatic heterocycles. The van der Waals surface area contributed by atoms with Gasteiger partial charge in [-0.3, -0.25) is 0 Å². The molecule has 0 heterocycles. The second-order valence-electron chi connectivity index (χ2n) is 4.08. The molecule has 0 saturated carbocycles. The summed E-state index contributed by atoms with van der Waals surface area (Å²) in [6, 6.07) is 3.70. The van der Waals surface area contributed by atoms with Crippen molar-refractivity contribution in [1.82, 2.24) is 0 Å². The lowest BCUT2D eigenvalue weighted by atomic mass is 10.0. The van der Waals surface area contributed by atoms with Gasteiger partial charge >= 0.3 is 0 Å². The summed E-state index contributed by atoms with van der Waals surface area (Å²) in [6.45, 7) is 0. The highest BCUT2D eigenvalue weighted by Crippen LogP contribution is 2.29. The molecule has 0 aliphatic heterocycles. The molecule has 1 aromatic rings. The monoisotopic (exact) mass is 242 g/mol. The van der Waals surface area contributed by atoms with E-state index in [4.69, 9.17) is 11.6 Å². The van der Waals surface area contributed by atoms with Crippen LogP contribution in [0.15, 0.2) is 24.3 Å². The highest BCUT2D eigenvalue weighted by molar-refractivity contribution is 6.22. The van der Waals surface area contributed by atoms with Crippen molar-refractivity contribution in [2.24, 2.45) is 0 Å². The van der Waals surface area contributed by atoms with Crippen LogP contribution in [0.5, 0.6) is 0 Å². The Morgan fingerprint density at radius 1 is 1.19 bits per heavy atom. The van der Waals surface area contributed by atoms with E-state index >= 15 is 0 Å². The van der Waals surface area contributed by atoms with Crippen molar-refractivity contribution < 1.29 is 8.78 Å². The molecule has 0 saturated heterocycles. The Morgan fingerprint density at radius 3 is 2.75 bits per heavy atom. The van der Waals surface area contributed by atoms with E-state index in [1.54, 1.807) is 0 Å². The Labute approximate surface area is 98.9 Å². The molecule has 0 nitrogen and oxygen atoms in total. The first-order chi connectivity index (χ1) is 7.66. The van der Waals surface area contributed by atoms with Gasteiger partial charge in [0.25, 0.3) is 0 Å². The molecule has 0 radical (unpaired) electrons. The highest BCUT2D eigenvalue weighted by atomic mass is 35.5. The third-order valence-electron chi connectivity index (χ3n) is 2.84. The molecule has 1 atom stereocenters. The van der Waals surface area contributed by atoms with E-state index in [1.165, 1.54) is 12.1 Å². The second kappa shape index (κ2) is 4.96. The van der Waals surface area contributed by atoms with Crippen LogP contribution in [0.3, 0.4) is 0 Å². The zero-order chi connectivity index (χ0) is 11.5. The average molecular weight is 243 g/mol. The molecule has 1 aliphatic carbocycles. The van der Waals surface area contributed by atoms with E-state index < -0.39 is 11.6 Å². The van der Waals surface area contributed by atoms with Gasteiger partial charge in [-0.25, -0.2) is 8.78 Å². The quantitative estimate of drug-likeness (QED) is 0.635. The topological polar surface area (TPSA) is 0 Å². The van der Waals surface area contributed by atoms with Crippen LogP contribution in [0.25, 0.3) is 5.57 Å². The van der Waals surface area contributed by atoms with E-state index in [-0.39, 0.29) is 5.38 Å². The Morgan fingerprint density at radius 2 is 2.00 bits per heavy atom. The van der Waals surface area contributed by atoms with E-state index in [9.17, 15) is 8.78 Å². The van der Waals surface area contributed by atoms with Crippen LogP contribution < -0.4 is 0 Å². The molecule has 3 heteroatoms. The van der Waals surface area contributed by atoms with Crippen molar-refractivity contribution in [3.63, 3.8) is 0 Å². The number of alkyl halides is 1. The number of hydrogen-bond donors (Lipinski definition) is 0. The van der Waals surface area contributed by atoms with Crippen molar-refractivity contribution >= 4 is 17.2 Å². The lowest BCUT2D eigenvalue weighted by Gasteiger charge is -2.07. The number of allylic oxidation sites excluding steroid dienone is 2. The van der Waals surface area contributed by atoms with Crippen LogP contribution in [0.4, 0.5) is 8.78 Å². The SMILES string of the molecule is Fc1ccc(C2=CC(Cl)CCCC2)c(F)c1. The molecule has 0 amide bonds. The minimum atomic E-state index is -0.544. The van der Waals surface area contributed by atoms with Gasteiger partial charge in [-0.1, -0.05) is 12.5 Å². The third-order valence-corrected chi connectivity index (χ3v) is 3.18. The Bertz CT molecular complexity index is 412. The van der Waals surface area contributed by atoms with Gasteiger partial charge in [0, 0.05) is 11.6 Å². The summed E-state index contributed by atoms with van der Waals surface area (Å²) in [5.41, 5.74) is 1.38. The normalized spacial score (nSPS) is 21.4. The molecule has 2 rings (SSSR count). The first-order valence-corrected chi connectivity index (χ1v) is 5.90. The number of hydrogen-bond acceptors (Lipinski definition) is 0. The summed E-state index contributed by atoms with van der Waals surface area (Å²) < 4.78 is 26.4. The van der Waals surface area contributed by atoms with E-state index in [0.29, 0.717) is 5.56 Å². The van der Waals surface area contributed by atoms with Gasteiger partial charge < -0.3 is 0 Å². The predicted molar refractivity (Wildman–Crippen MR) is 62.4 cm³/mol. The molecular weight excluding hydrogens is 230 g/mol. The molecule has 1 aromatic carbocycles. The Balaban J connectivity index is 2.35. The molecular formula is C13H13ClF2. The van der Waals surface area contributed by atoms with Gasteiger partial charge in [-0.05, 0) is 37.0 Å². The molecule has 0 spiro atoms. The van der Waals surface area contributed by atoms with Gasteiger partial charge in [0.05, 0.1) is 5.38 Å². The van der Waals surface area contributed by atoms with Gasteiger partial charge in [0.2, 0.25) is 0 Å². The second-order valence-corrected chi connectivity index (χ2v) is 4.64. The maximum Gasteiger partial charge on any atom is 0.133 e. The average Bonchev–Trinajstić information content (AvgIpc) is 2.43. The molecule has 86 valence electrons. The van der Waals surface area contributed by atoms with E-state index in [0.717, 1.165) is 37.3 Å². The largest absolute Gasteiger partial charge is 0.207 e. The lowest BCUT2D eigenvalue weighted by molar-refractivity contribution is 0.580. The van der Waals surface area contributed by atoms with E-state index in [1.807, 2.05) is 6.08 Å². The van der Waals surface area contributed by atoms with Gasteiger partial charge in [-0.15, -0.1) is 11.6 Å². The fraction of sp³-hybridized carbons (Fsp3) is 0.385. The fourth-order valence-electron chi connectivity index (χ4n) is 2.01. The van der Waals surface area contributed by atoms with Gasteiger partial charge in [0.1, 0.15) is 11.6 Å². The molecule has 1 unspecified atom stereocenters. The van der Waals surface area contributed by atoms with Crippen LogP contribution in [0.1, 0.15) is 31.2 Å². The van der Waals surface area contributed by atoms with Crippen molar-refractivity contribution in [2.75, 3.05) is 0 Å². The minimum Gasteiger partial charge on any atom is -0.207 e. The zero-order valence-corrected chi connectivity index (χ0v) is 9.61. The lowest BCUT2D eigenvalue weighted by Crippen LogP contribution is -1.94. The first-order valence-electron chi connectivity index (χ1n) is 5.47. The number of benzene rings is 1. The number of halogens is 3. The summed E-state index contributed by atoms with van der Waals surface area (Å²) in [6.07, 6.45) is 5.69. The first kappa shape index (κ1) is 11.6. The molecule has 1 aliphatic rings. The van der Waals surface area contributed by atoms with Crippen molar-refractivity contribution in [2.45, 2.75) is 31.1 Å². The standard InChI is InChI=1S/C13H13ClF2/c14-10-4-2-1-3-9(7-10)12-6-5-11(15)8-13(12)16/h5-8,10H,1-4H2. The van der Waals surface area contributed by atoms with Gasteiger partial charge in [0.15, 0.2) is 0 Å². The van der Waals surface area contributed by atoms with E-state index in [2.05, 4.69) is 0 Å². The van der Waals surface area contributed by atoms with Crippen LogP contribution in [0, 0.1) is 11.6 Å². The van der Waals surface area contributed by atoms with Gasteiger partial charge in [-0.2, -0.15) is 0 Å². The summed E-state index contributed by atoms with van der Waals surface area (Å²) in [7, 11) is 0. The molecule has 16 heavy (non-hydrogen) atoms. The Kier molecular flexibility index (Phi) is 3.59. The van der Waals surface area contributed by atoms with Crippen LogP contribution in [-0.2, 0) is 0 Å². The summed E-state index contributed by atoms with van der Waals surface area (Å²) in [4.78, 5) is 0. The van der Waals surface area contributed by atoms with Crippen LogP contribution in [-0.4, -0.2) is 5.38 Å². The van der Waals surface area contributed by atoms with Crippen LogP contribution >= 0.6 is 11.6 Å². The smallest absolute Gasteiger partial charge is 0.133 e. The Hall–Kier alpha value is -0.890. The maximum atomic E-state index is 13.6. The minimum absolute atomic E-state index is 0.0399. The molecule has 0 fully saturated rings. The predicted octanol–water partition coefficient (Wildman–Crippen LogP) is 4.53.